The molecule has 0 fully saturated rings. The maximum atomic E-state index is 13.3. The molecule has 0 amide bonds. The number of hydrogen-bond acceptors (Lipinski definition) is 4. The van der Waals surface area contributed by atoms with Crippen LogP contribution in [0.4, 0.5) is 0 Å². The first-order valence-corrected chi connectivity index (χ1v) is 11.2. The van der Waals surface area contributed by atoms with Gasteiger partial charge in [0.15, 0.2) is 6.10 Å². The molecule has 33 heavy (non-hydrogen) atoms. The third-order valence-corrected chi connectivity index (χ3v) is 5.83. The quantitative estimate of drug-likeness (QED) is 0.255. The van der Waals surface area contributed by atoms with Gasteiger partial charge < -0.3 is 4.74 Å². The second-order valence-corrected chi connectivity index (χ2v) is 8.40. The zero-order chi connectivity index (χ0) is 23.5. The molecular weight excluding hydrogens is 410 g/mol. The standard InChI is InChI=1S/C29H27NO3/c1-5-21-9-13-22(14-10-21)27-17-25(24-16-19(3)8-15-26(24)30-27)29(32)33-20(4)28(31)23-11-6-18(2)7-12-23/h6-17,20H,5H2,1-4H3/t20-/m0/s1. The summed E-state index contributed by atoms with van der Waals surface area (Å²) in [6.45, 7) is 7.65. The molecule has 3 aromatic carbocycles. The van der Waals surface area contributed by atoms with Crippen LogP contribution in [0, 0.1) is 13.8 Å². The van der Waals surface area contributed by atoms with Gasteiger partial charge in [0.25, 0.3) is 0 Å². The number of aromatic nitrogens is 1. The Hall–Kier alpha value is -3.79. The number of Topliss-reactive ketones (excluding diaryl/α,β-unsaturated/α-hetero) is 1. The van der Waals surface area contributed by atoms with Gasteiger partial charge in [-0.2, -0.15) is 0 Å². The normalized spacial score (nSPS) is 11.9. The van der Waals surface area contributed by atoms with Crippen LogP contribution in [-0.2, 0) is 11.2 Å². The van der Waals surface area contributed by atoms with Crippen molar-refractivity contribution >= 4 is 22.7 Å². The number of nitrogens with zero attached hydrogens (tertiary/aromatic N) is 1. The Morgan fingerprint density at radius 2 is 1.55 bits per heavy atom. The van der Waals surface area contributed by atoms with Gasteiger partial charge in [0.1, 0.15) is 0 Å². The fourth-order valence-corrected chi connectivity index (χ4v) is 3.80. The molecule has 0 aliphatic rings. The molecule has 0 N–H and O–H groups in total. The molecule has 4 rings (SSSR count). The Balaban J connectivity index is 1.69. The van der Waals surface area contributed by atoms with Gasteiger partial charge in [0.05, 0.1) is 16.8 Å². The Morgan fingerprint density at radius 1 is 0.879 bits per heavy atom. The summed E-state index contributed by atoms with van der Waals surface area (Å²) in [4.78, 5) is 30.8. The maximum Gasteiger partial charge on any atom is 0.339 e. The summed E-state index contributed by atoms with van der Waals surface area (Å²) in [5.41, 5.74) is 6.57. The van der Waals surface area contributed by atoms with Crippen molar-refractivity contribution in [3.05, 3.63) is 101 Å². The van der Waals surface area contributed by atoms with Gasteiger partial charge in [-0.1, -0.05) is 72.6 Å². The van der Waals surface area contributed by atoms with E-state index in [4.69, 9.17) is 9.72 Å². The first-order valence-electron chi connectivity index (χ1n) is 11.2. The van der Waals surface area contributed by atoms with Gasteiger partial charge >= 0.3 is 5.97 Å². The largest absolute Gasteiger partial charge is 0.451 e. The minimum absolute atomic E-state index is 0.228. The summed E-state index contributed by atoms with van der Waals surface area (Å²) >= 11 is 0. The van der Waals surface area contributed by atoms with E-state index in [1.165, 1.54) is 5.56 Å². The smallest absolute Gasteiger partial charge is 0.339 e. The Labute approximate surface area is 194 Å². The lowest BCUT2D eigenvalue weighted by Crippen LogP contribution is -2.24. The summed E-state index contributed by atoms with van der Waals surface area (Å²) in [5.74, 6) is -0.763. The van der Waals surface area contributed by atoms with Gasteiger partial charge in [-0.15, -0.1) is 0 Å². The molecule has 4 heteroatoms. The van der Waals surface area contributed by atoms with Crippen molar-refractivity contribution in [3.8, 4) is 11.3 Å². The molecule has 0 spiro atoms. The summed E-state index contributed by atoms with van der Waals surface area (Å²) < 4.78 is 5.64. The van der Waals surface area contributed by atoms with Crippen LogP contribution in [0.5, 0.6) is 0 Å². The zero-order valence-electron chi connectivity index (χ0n) is 19.4. The van der Waals surface area contributed by atoms with Gasteiger partial charge in [0.2, 0.25) is 5.78 Å². The molecule has 1 aromatic heterocycles. The van der Waals surface area contributed by atoms with E-state index in [1.807, 2.05) is 56.3 Å². The number of ether oxygens (including phenoxy) is 1. The highest BCUT2D eigenvalue weighted by molar-refractivity contribution is 6.07. The van der Waals surface area contributed by atoms with E-state index in [-0.39, 0.29) is 5.78 Å². The lowest BCUT2D eigenvalue weighted by atomic mass is 10.0. The predicted molar refractivity (Wildman–Crippen MR) is 132 cm³/mol. The second kappa shape index (κ2) is 9.37. The van der Waals surface area contributed by atoms with Crippen LogP contribution < -0.4 is 0 Å². The van der Waals surface area contributed by atoms with E-state index in [9.17, 15) is 9.59 Å². The van der Waals surface area contributed by atoms with Crippen molar-refractivity contribution < 1.29 is 14.3 Å². The SMILES string of the molecule is CCc1ccc(-c2cc(C(=O)O[C@@H](C)C(=O)c3ccc(C)cc3)c3cc(C)ccc3n2)cc1. The number of pyridine rings is 1. The van der Waals surface area contributed by atoms with Gasteiger partial charge in [-0.05, 0) is 51.0 Å². The van der Waals surface area contributed by atoms with Crippen LogP contribution in [-0.4, -0.2) is 22.8 Å². The monoisotopic (exact) mass is 437 g/mol. The first kappa shape index (κ1) is 22.4. The molecule has 0 aliphatic carbocycles. The number of benzene rings is 3. The maximum absolute atomic E-state index is 13.3. The van der Waals surface area contributed by atoms with Gasteiger partial charge in [-0.25, -0.2) is 9.78 Å². The molecule has 0 saturated carbocycles. The van der Waals surface area contributed by atoms with E-state index in [1.54, 1.807) is 25.1 Å². The molecule has 0 bridgehead atoms. The van der Waals surface area contributed by atoms with E-state index in [2.05, 4.69) is 19.1 Å². The topological polar surface area (TPSA) is 56.3 Å². The van der Waals surface area contributed by atoms with Crippen LogP contribution in [0.1, 0.15) is 51.3 Å². The minimum Gasteiger partial charge on any atom is -0.451 e. The summed E-state index contributed by atoms with van der Waals surface area (Å²) in [7, 11) is 0. The fraction of sp³-hybridized carbons (Fsp3) is 0.207. The third-order valence-electron chi connectivity index (χ3n) is 5.83. The number of carbonyl (C=O) groups excluding carboxylic acids is 2. The molecule has 4 aromatic rings. The molecule has 1 atom stereocenters. The molecule has 166 valence electrons. The van der Waals surface area contributed by atoms with E-state index >= 15 is 0 Å². The average molecular weight is 438 g/mol. The fourth-order valence-electron chi connectivity index (χ4n) is 3.80. The number of aryl methyl sites for hydroxylation is 3. The lowest BCUT2D eigenvalue weighted by Gasteiger charge is -2.15. The summed E-state index contributed by atoms with van der Waals surface area (Å²) in [6, 6.07) is 23.0. The minimum atomic E-state index is -0.902. The van der Waals surface area contributed by atoms with Crippen molar-refractivity contribution in [2.45, 2.75) is 40.2 Å². The Bertz CT molecular complexity index is 1320. The highest BCUT2D eigenvalue weighted by atomic mass is 16.5. The van der Waals surface area contributed by atoms with Crippen molar-refractivity contribution in [1.29, 1.82) is 0 Å². The number of carbonyl (C=O) groups is 2. The molecule has 1 heterocycles. The summed E-state index contributed by atoms with van der Waals surface area (Å²) in [6.07, 6.45) is 0.0513. The van der Waals surface area contributed by atoms with Crippen LogP contribution in [0.25, 0.3) is 22.2 Å². The van der Waals surface area contributed by atoms with Gasteiger partial charge in [0, 0.05) is 16.5 Å². The number of hydrogen-bond donors (Lipinski definition) is 0. The number of fused-ring (bicyclic) bond motifs is 1. The molecule has 0 unspecified atom stereocenters. The van der Waals surface area contributed by atoms with Gasteiger partial charge in [-0.3, -0.25) is 4.79 Å². The van der Waals surface area contributed by atoms with Crippen LogP contribution in [0.3, 0.4) is 0 Å². The van der Waals surface area contributed by atoms with Crippen molar-refractivity contribution in [1.82, 2.24) is 4.98 Å². The van der Waals surface area contributed by atoms with Crippen LogP contribution >= 0.6 is 0 Å². The molecule has 0 radical (unpaired) electrons. The molecule has 0 aliphatic heterocycles. The Morgan fingerprint density at radius 3 is 2.21 bits per heavy atom. The number of rotatable bonds is 6. The zero-order valence-corrected chi connectivity index (χ0v) is 19.4. The van der Waals surface area contributed by atoms with Crippen molar-refractivity contribution in [3.63, 3.8) is 0 Å². The average Bonchev–Trinajstić information content (AvgIpc) is 2.83. The van der Waals surface area contributed by atoms with E-state index in [0.29, 0.717) is 27.7 Å². The first-order chi connectivity index (χ1) is 15.9. The molecular formula is C29H27NO3. The lowest BCUT2D eigenvalue weighted by molar-refractivity contribution is 0.0320. The van der Waals surface area contributed by atoms with Crippen molar-refractivity contribution in [2.75, 3.05) is 0 Å². The summed E-state index contributed by atoms with van der Waals surface area (Å²) in [5, 5.41) is 0.712. The number of esters is 1. The van der Waals surface area contributed by atoms with E-state index < -0.39 is 12.1 Å². The highest BCUT2D eigenvalue weighted by Gasteiger charge is 2.23. The molecule has 4 nitrogen and oxygen atoms in total. The number of ketones is 1. The molecule has 0 saturated heterocycles. The third kappa shape index (κ3) is 4.85. The highest BCUT2D eigenvalue weighted by Crippen LogP contribution is 2.27. The van der Waals surface area contributed by atoms with Crippen LogP contribution in [0.15, 0.2) is 72.8 Å². The van der Waals surface area contributed by atoms with Crippen LogP contribution in [0.2, 0.25) is 0 Å². The predicted octanol–water partition coefficient (Wildman–Crippen LogP) is 6.51. The van der Waals surface area contributed by atoms with Crippen molar-refractivity contribution in [2.24, 2.45) is 0 Å². The van der Waals surface area contributed by atoms with E-state index in [0.717, 1.165) is 23.1 Å². The Kier molecular flexibility index (Phi) is 6.36. The second-order valence-electron chi connectivity index (χ2n) is 8.40.